The van der Waals surface area contributed by atoms with E-state index in [9.17, 15) is 4.39 Å². The number of aliphatic hydroxyl groups excluding tert-OH is 1. The van der Waals surface area contributed by atoms with E-state index in [-0.39, 0.29) is 24.2 Å². The Morgan fingerprint density at radius 2 is 2.22 bits per heavy atom. The van der Waals surface area contributed by atoms with E-state index < -0.39 is 0 Å². The van der Waals surface area contributed by atoms with Gasteiger partial charge in [0.05, 0.1) is 13.2 Å². The van der Waals surface area contributed by atoms with E-state index >= 15 is 0 Å². The van der Waals surface area contributed by atoms with Crippen LogP contribution in [0.5, 0.6) is 5.75 Å². The fourth-order valence-corrected chi connectivity index (χ4v) is 1.64. The van der Waals surface area contributed by atoms with Crippen LogP contribution in [0.2, 0.25) is 0 Å². The molecular weight excluding hydrogens is 233 g/mol. The lowest BCUT2D eigenvalue weighted by Gasteiger charge is -2.16. The monoisotopic (exact) mass is 255 g/mol. The first kappa shape index (κ1) is 14.9. The van der Waals surface area contributed by atoms with Crippen molar-refractivity contribution in [3.8, 4) is 5.75 Å². The molecule has 3 nitrogen and oxygen atoms in total. The summed E-state index contributed by atoms with van der Waals surface area (Å²) in [6, 6.07) is 4.81. The number of benzene rings is 1. The molecule has 4 heteroatoms. The predicted molar refractivity (Wildman–Crippen MR) is 70.4 cm³/mol. The van der Waals surface area contributed by atoms with Crippen LogP contribution in [0.4, 0.5) is 4.39 Å². The predicted octanol–water partition coefficient (Wildman–Crippen LogP) is 2.26. The molecule has 1 rings (SSSR count). The summed E-state index contributed by atoms with van der Waals surface area (Å²) in [6.45, 7) is 5.29. The molecule has 0 aromatic heterocycles. The molecule has 102 valence electrons. The first-order chi connectivity index (χ1) is 8.67. The van der Waals surface area contributed by atoms with Gasteiger partial charge in [0.25, 0.3) is 0 Å². The van der Waals surface area contributed by atoms with E-state index in [1.54, 1.807) is 12.1 Å². The summed E-state index contributed by atoms with van der Waals surface area (Å²) in [5.74, 6) is -0.0650. The van der Waals surface area contributed by atoms with Gasteiger partial charge in [0, 0.05) is 6.04 Å². The normalized spacial score (nSPS) is 12.4. The van der Waals surface area contributed by atoms with Crippen LogP contribution < -0.4 is 10.1 Å². The number of ether oxygens (including phenoxy) is 1. The molecule has 0 heterocycles. The molecule has 1 atom stereocenters. The Hall–Kier alpha value is -1.13. The Morgan fingerprint density at radius 1 is 1.44 bits per heavy atom. The van der Waals surface area contributed by atoms with Crippen LogP contribution in [0.25, 0.3) is 0 Å². The fourth-order valence-electron chi connectivity index (χ4n) is 1.64. The maximum absolute atomic E-state index is 13.4. The second-order valence-electron chi connectivity index (χ2n) is 4.40. The van der Waals surface area contributed by atoms with Gasteiger partial charge in [-0.05, 0) is 44.0 Å². The highest BCUT2D eigenvalue weighted by Crippen LogP contribution is 2.18. The standard InChI is InChI=1S/C14H22FNO2/c1-3-7-16-12(10-17)6-8-18-14-9-11(2)4-5-13(14)15/h4-5,9,12,16-17H,3,6-8,10H2,1-2H3. The van der Waals surface area contributed by atoms with Crippen molar-refractivity contribution in [1.82, 2.24) is 5.32 Å². The molecule has 0 fully saturated rings. The maximum atomic E-state index is 13.4. The lowest BCUT2D eigenvalue weighted by molar-refractivity contribution is 0.206. The van der Waals surface area contributed by atoms with Crippen LogP contribution >= 0.6 is 0 Å². The third-order valence-electron chi connectivity index (χ3n) is 2.71. The molecule has 0 saturated heterocycles. The highest BCUT2D eigenvalue weighted by Gasteiger charge is 2.08. The molecule has 1 unspecified atom stereocenters. The van der Waals surface area contributed by atoms with Gasteiger partial charge in [0.15, 0.2) is 11.6 Å². The lowest BCUT2D eigenvalue weighted by atomic mass is 10.2. The molecular formula is C14H22FNO2. The molecule has 0 aliphatic heterocycles. The van der Waals surface area contributed by atoms with E-state index in [2.05, 4.69) is 12.2 Å². The van der Waals surface area contributed by atoms with Crippen molar-refractivity contribution in [2.24, 2.45) is 0 Å². The summed E-state index contributed by atoms with van der Waals surface area (Å²) in [6.07, 6.45) is 1.67. The third kappa shape index (κ3) is 5.02. The quantitative estimate of drug-likeness (QED) is 0.748. The summed E-state index contributed by atoms with van der Waals surface area (Å²) in [5.41, 5.74) is 0.967. The second kappa shape index (κ2) is 8.06. The van der Waals surface area contributed by atoms with Crippen molar-refractivity contribution in [2.75, 3.05) is 19.8 Å². The lowest BCUT2D eigenvalue weighted by Crippen LogP contribution is -2.34. The Morgan fingerprint density at radius 3 is 2.89 bits per heavy atom. The number of aryl methyl sites for hydroxylation is 1. The van der Waals surface area contributed by atoms with Crippen LogP contribution in [0, 0.1) is 12.7 Å². The smallest absolute Gasteiger partial charge is 0.165 e. The molecule has 1 aromatic carbocycles. The minimum absolute atomic E-state index is 0.0119. The summed E-state index contributed by atoms with van der Waals surface area (Å²) in [4.78, 5) is 0. The maximum Gasteiger partial charge on any atom is 0.165 e. The molecule has 0 spiro atoms. The van der Waals surface area contributed by atoms with Gasteiger partial charge < -0.3 is 15.2 Å². The first-order valence-corrected chi connectivity index (χ1v) is 6.40. The zero-order valence-corrected chi connectivity index (χ0v) is 11.1. The topological polar surface area (TPSA) is 41.5 Å². The Kier molecular flexibility index (Phi) is 6.68. The van der Waals surface area contributed by atoms with Crippen molar-refractivity contribution in [3.63, 3.8) is 0 Å². The summed E-state index contributed by atoms with van der Waals surface area (Å²) in [7, 11) is 0. The molecule has 1 aromatic rings. The van der Waals surface area contributed by atoms with Gasteiger partial charge in [-0.25, -0.2) is 4.39 Å². The minimum Gasteiger partial charge on any atom is -0.490 e. The fraction of sp³-hybridized carbons (Fsp3) is 0.571. The highest BCUT2D eigenvalue weighted by atomic mass is 19.1. The zero-order chi connectivity index (χ0) is 13.4. The summed E-state index contributed by atoms with van der Waals surface area (Å²) >= 11 is 0. The van der Waals surface area contributed by atoms with E-state index in [1.165, 1.54) is 6.07 Å². The molecule has 2 N–H and O–H groups in total. The highest BCUT2D eigenvalue weighted by molar-refractivity contribution is 5.29. The van der Waals surface area contributed by atoms with Gasteiger partial charge in [-0.15, -0.1) is 0 Å². The average molecular weight is 255 g/mol. The van der Waals surface area contributed by atoms with Crippen LogP contribution in [-0.4, -0.2) is 30.9 Å². The number of aliphatic hydroxyl groups is 1. The average Bonchev–Trinajstić information content (AvgIpc) is 2.37. The van der Waals surface area contributed by atoms with Crippen molar-refractivity contribution in [2.45, 2.75) is 32.7 Å². The number of rotatable bonds is 8. The molecule has 0 amide bonds. The Labute approximate surface area is 108 Å². The van der Waals surface area contributed by atoms with Crippen molar-refractivity contribution in [1.29, 1.82) is 0 Å². The van der Waals surface area contributed by atoms with Gasteiger partial charge in [0.1, 0.15) is 0 Å². The van der Waals surface area contributed by atoms with Crippen molar-refractivity contribution in [3.05, 3.63) is 29.6 Å². The van der Waals surface area contributed by atoms with Crippen molar-refractivity contribution < 1.29 is 14.2 Å². The van der Waals surface area contributed by atoms with Gasteiger partial charge in [0.2, 0.25) is 0 Å². The molecule has 0 aliphatic rings. The second-order valence-corrected chi connectivity index (χ2v) is 4.40. The number of halogens is 1. The first-order valence-electron chi connectivity index (χ1n) is 6.40. The Balaban J connectivity index is 2.37. The van der Waals surface area contributed by atoms with Crippen LogP contribution in [-0.2, 0) is 0 Å². The summed E-state index contributed by atoms with van der Waals surface area (Å²) < 4.78 is 18.8. The molecule has 0 bridgehead atoms. The van der Waals surface area contributed by atoms with Gasteiger partial charge in [-0.2, -0.15) is 0 Å². The van der Waals surface area contributed by atoms with E-state index in [0.717, 1.165) is 18.5 Å². The van der Waals surface area contributed by atoms with Crippen LogP contribution in [0.1, 0.15) is 25.3 Å². The number of hydrogen-bond acceptors (Lipinski definition) is 3. The SMILES string of the molecule is CCCNC(CO)CCOc1cc(C)ccc1F. The molecule has 0 radical (unpaired) electrons. The zero-order valence-electron chi connectivity index (χ0n) is 11.1. The molecule has 0 saturated carbocycles. The molecule has 0 aliphatic carbocycles. The number of hydrogen-bond donors (Lipinski definition) is 2. The molecule has 18 heavy (non-hydrogen) atoms. The Bertz CT molecular complexity index is 358. The number of nitrogens with one attached hydrogen (secondary N) is 1. The van der Waals surface area contributed by atoms with Gasteiger partial charge >= 0.3 is 0 Å². The van der Waals surface area contributed by atoms with E-state index in [4.69, 9.17) is 9.84 Å². The van der Waals surface area contributed by atoms with Gasteiger partial charge in [-0.1, -0.05) is 13.0 Å². The van der Waals surface area contributed by atoms with Gasteiger partial charge in [-0.3, -0.25) is 0 Å². The van der Waals surface area contributed by atoms with Crippen molar-refractivity contribution >= 4 is 0 Å². The third-order valence-corrected chi connectivity index (χ3v) is 2.71. The summed E-state index contributed by atoms with van der Waals surface area (Å²) in [5, 5.41) is 12.4. The van der Waals surface area contributed by atoms with Crippen LogP contribution in [0.15, 0.2) is 18.2 Å². The van der Waals surface area contributed by atoms with E-state index in [1.807, 2.05) is 6.92 Å². The van der Waals surface area contributed by atoms with E-state index in [0.29, 0.717) is 13.0 Å². The minimum atomic E-state index is -0.345. The van der Waals surface area contributed by atoms with Crippen LogP contribution in [0.3, 0.4) is 0 Å². The largest absolute Gasteiger partial charge is 0.490 e.